The number of benzene rings is 1. The number of hydrogen-bond donors (Lipinski definition) is 1. The molecule has 0 amide bonds. The van der Waals surface area contributed by atoms with E-state index in [2.05, 4.69) is 4.99 Å². The Morgan fingerprint density at radius 2 is 1.94 bits per heavy atom. The zero-order valence-electron chi connectivity index (χ0n) is 10.4. The van der Waals surface area contributed by atoms with Gasteiger partial charge in [0.1, 0.15) is 0 Å². The van der Waals surface area contributed by atoms with E-state index in [4.69, 9.17) is 9.47 Å². The fourth-order valence-corrected chi connectivity index (χ4v) is 2.18. The molecule has 0 saturated carbocycles. The Morgan fingerprint density at radius 1 is 1.29 bits per heavy atom. The van der Waals surface area contributed by atoms with Crippen molar-refractivity contribution in [1.29, 1.82) is 0 Å². The SMILES string of the molecule is COc1cc2c(cc1OC)C(C)=NC(CO)C2. The van der Waals surface area contributed by atoms with Gasteiger partial charge in [0.25, 0.3) is 0 Å². The lowest BCUT2D eigenvalue weighted by Crippen LogP contribution is -2.22. The van der Waals surface area contributed by atoms with E-state index in [0.717, 1.165) is 29.0 Å². The zero-order chi connectivity index (χ0) is 12.4. The number of aliphatic imine (C=N–C) groups is 1. The predicted molar refractivity (Wildman–Crippen MR) is 66.3 cm³/mol. The first-order valence-corrected chi connectivity index (χ1v) is 5.60. The molecule has 1 aliphatic rings. The summed E-state index contributed by atoms with van der Waals surface area (Å²) in [6.45, 7) is 2.03. The van der Waals surface area contributed by atoms with Crippen molar-refractivity contribution in [1.82, 2.24) is 0 Å². The van der Waals surface area contributed by atoms with Crippen LogP contribution in [0, 0.1) is 0 Å². The molecule has 0 fully saturated rings. The maximum absolute atomic E-state index is 9.20. The third kappa shape index (κ3) is 2.13. The Labute approximate surface area is 101 Å². The van der Waals surface area contributed by atoms with Gasteiger partial charge < -0.3 is 14.6 Å². The van der Waals surface area contributed by atoms with Crippen LogP contribution in [0.15, 0.2) is 17.1 Å². The van der Waals surface area contributed by atoms with Crippen molar-refractivity contribution in [3.8, 4) is 11.5 Å². The van der Waals surface area contributed by atoms with Crippen LogP contribution in [-0.2, 0) is 6.42 Å². The highest BCUT2D eigenvalue weighted by Gasteiger charge is 2.20. The molecule has 0 saturated heterocycles. The van der Waals surface area contributed by atoms with Crippen LogP contribution in [0.5, 0.6) is 11.5 Å². The second-order valence-corrected chi connectivity index (χ2v) is 4.12. The third-order valence-electron chi connectivity index (χ3n) is 3.04. The number of methoxy groups -OCH3 is 2. The van der Waals surface area contributed by atoms with Crippen molar-refractivity contribution in [3.63, 3.8) is 0 Å². The molecular weight excluding hydrogens is 218 g/mol. The van der Waals surface area contributed by atoms with Crippen molar-refractivity contribution >= 4 is 5.71 Å². The molecule has 17 heavy (non-hydrogen) atoms. The van der Waals surface area contributed by atoms with E-state index in [1.165, 1.54) is 0 Å². The topological polar surface area (TPSA) is 51.0 Å². The molecule has 4 heteroatoms. The van der Waals surface area contributed by atoms with Gasteiger partial charge in [0, 0.05) is 11.3 Å². The molecule has 2 rings (SSSR count). The first-order chi connectivity index (χ1) is 8.19. The minimum atomic E-state index is -0.0411. The summed E-state index contributed by atoms with van der Waals surface area (Å²) in [5.74, 6) is 1.43. The molecule has 1 aromatic rings. The molecule has 0 aromatic heterocycles. The Bertz CT molecular complexity index is 454. The molecule has 1 unspecified atom stereocenters. The van der Waals surface area contributed by atoms with E-state index in [0.29, 0.717) is 5.75 Å². The number of hydrogen-bond acceptors (Lipinski definition) is 4. The van der Waals surface area contributed by atoms with E-state index >= 15 is 0 Å². The summed E-state index contributed by atoms with van der Waals surface area (Å²) in [5.41, 5.74) is 3.16. The number of aliphatic hydroxyl groups is 1. The van der Waals surface area contributed by atoms with Gasteiger partial charge in [0.05, 0.1) is 26.9 Å². The second kappa shape index (κ2) is 4.75. The Kier molecular flexibility index (Phi) is 3.33. The highest BCUT2D eigenvalue weighted by atomic mass is 16.5. The molecule has 1 aliphatic heterocycles. The first-order valence-electron chi connectivity index (χ1n) is 5.60. The highest BCUT2D eigenvalue weighted by Crippen LogP contribution is 2.33. The van der Waals surface area contributed by atoms with Gasteiger partial charge in [-0.25, -0.2) is 0 Å². The summed E-state index contributed by atoms with van der Waals surface area (Å²) >= 11 is 0. The van der Waals surface area contributed by atoms with E-state index < -0.39 is 0 Å². The largest absolute Gasteiger partial charge is 0.493 e. The van der Waals surface area contributed by atoms with Gasteiger partial charge in [0.15, 0.2) is 11.5 Å². The summed E-state index contributed by atoms with van der Waals surface area (Å²) < 4.78 is 10.6. The number of ether oxygens (including phenoxy) is 2. The van der Waals surface area contributed by atoms with Crippen molar-refractivity contribution in [3.05, 3.63) is 23.3 Å². The standard InChI is InChI=1S/C13H17NO3/c1-8-11-6-13(17-3)12(16-2)5-9(11)4-10(7-15)14-8/h5-6,10,15H,4,7H2,1-3H3. The number of aliphatic hydroxyl groups excluding tert-OH is 1. The average molecular weight is 235 g/mol. The normalized spacial score (nSPS) is 18.4. The molecule has 1 heterocycles. The van der Waals surface area contributed by atoms with E-state index in [-0.39, 0.29) is 12.6 Å². The van der Waals surface area contributed by atoms with Gasteiger partial charge >= 0.3 is 0 Å². The van der Waals surface area contributed by atoms with Crippen molar-refractivity contribution in [2.75, 3.05) is 20.8 Å². The summed E-state index contributed by atoms with van der Waals surface area (Å²) in [6.07, 6.45) is 0.740. The van der Waals surface area contributed by atoms with Crippen LogP contribution < -0.4 is 9.47 Å². The highest BCUT2D eigenvalue weighted by molar-refractivity contribution is 6.01. The van der Waals surface area contributed by atoms with Crippen LogP contribution >= 0.6 is 0 Å². The number of nitrogens with zero attached hydrogens (tertiary/aromatic N) is 1. The van der Waals surface area contributed by atoms with E-state index in [9.17, 15) is 5.11 Å². The lowest BCUT2D eigenvalue weighted by molar-refractivity contribution is 0.265. The van der Waals surface area contributed by atoms with Crippen LogP contribution in [0.25, 0.3) is 0 Å². The zero-order valence-corrected chi connectivity index (χ0v) is 10.4. The van der Waals surface area contributed by atoms with Gasteiger partial charge in [0.2, 0.25) is 0 Å². The van der Waals surface area contributed by atoms with Gasteiger partial charge in [-0.3, -0.25) is 4.99 Å². The van der Waals surface area contributed by atoms with Gasteiger partial charge in [-0.15, -0.1) is 0 Å². The minimum absolute atomic E-state index is 0.0411. The van der Waals surface area contributed by atoms with Crippen LogP contribution in [0.1, 0.15) is 18.1 Å². The van der Waals surface area contributed by atoms with Crippen LogP contribution in [0.2, 0.25) is 0 Å². The molecular formula is C13H17NO3. The summed E-state index contributed by atoms with van der Waals surface area (Å²) in [5, 5.41) is 9.20. The lowest BCUT2D eigenvalue weighted by Gasteiger charge is -2.22. The molecule has 1 aromatic carbocycles. The third-order valence-corrected chi connectivity index (χ3v) is 3.04. The molecule has 92 valence electrons. The Hall–Kier alpha value is -1.55. The summed E-state index contributed by atoms with van der Waals surface area (Å²) in [4.78, 5) is 4.44. The Balaban J connectivity index is 2.49. The monoisotopic (exact) mass is 235 g/mol. The van der Waals surface area contributed by atoms with Gasteiger partial charge in [-0.1, -0.05) is 0 Å². The van der Waals surface area contributed by atoms with Gasteiger partial charge in [-0.05, 0) is 31.0 Å². The molecule has 0 radical (unpaired) electrons. The van der Waals surface area contributed by atoms with E-state index in [1.807, 2.05) is 19.1 Å². The quantitative estimate of drug-likeness (QED) is 0.862. The van der Waals surface area contributed by atoms with Crippen molar-refractivity contribution in [2.45, 2.75) is 19.4 Å². The predicted octanol–water partition coefficient (Wildman–Crippen LogP) is 1.43. The first kappa shape index (κ1) is 11.9. The molecule has 1 N–H and O–H groups in total. The molecule has 1 atom stereocenters. The maximum atomic E-state index is 9.20. The summed E-state index contributed by atoms with van der Waals surface area (Å²) in [7, 11) is 3.24. The van der Waals surface area contributed by atoms with Crippen LogP contribution in [0.3, 0.4) is 0 Å². The molecule has 0 bridgehead atoms. The minimum Gasteiger partial charge on any atom is -0.493 e. The average Bonchev–Trinajstić information content (AvgIpc) is 2.36. The van der Waals surface area contributed by atoms with Crippen LogP contribution in [-0.4, -0.2) is 37.7 Å². The van der Waals surface area contributed by atoms with Crippen LogP contribution in [0.4, 0.5) is 0 Å². The number of rotatable bonds is 3. The molecule has 0 spiro atoms. The van der Waals surface area contributed by atoms with Crippen molar-refractivity contribution < 1.29 is 14.6 Å². The second-order valence-electron chi connectivity index (χ2n) is 4.12. The lowest BCUT2D eigenvalue weighted by atomic mass is 9.94. The summed E-state index contributed by atoms with van der Waals surface area (Å²) in [6, 6.07) is 3.87. The fraction of sp³-hybridized carbons (Fsp3) is 0.462. The van der Waals surface area contributed by atoms with E-state index in [1.54, 1.807) is 14.2 Å². The smallest absolute Gasteiger partial charge is 0.161 e. The molecule has 0 aliphatic carbocycles. The Morgan fingerprint density at radius 3 is 2.53 bits per heavy atom. The maximum Gasteiger partial charge on any atom is 0.161 e. The van der Waals surface area contributed by atoms with Crippen molar-refractivity contribution in [2.24, 2.45) is 4.99 Å². The number of fused-ring (bicyclic) bond motifs is 1. The van der Waals surface area contributed by atoms with Gasteiger partial charge in [-0.2, -0.15) is 0 Å². The fourth-order valence-electron chi connectivity index (χ4n) is 2.18. The molecule has 4 nitrogen and oxygen atoms in total.